The number of pyridine rings is 2. The molecule has 15 heteroatoms. The molecule has 278 valence electrons. The van der Waals surface area contributed by atoms with Crippen LogP contribution in [0.3, 0.4) is 0 Å². The fourth-order valence-electron chi connectivity index (χ4n) is 8.06. The normalized spacial score (nSPS) is 19.4. The SMILES string of the molecule is COCC1(CN(C)c2cc(-c3cnc(C4CC4)c(C(F)(F)F)c3)nc3nc(-c4cnc(N5CCN(CCCC(=O)O)C[C@H]5C)cn4)[nH]c23)CCCC1. The summed E-state index contributed by atoms with van der Waals surface area (Å²) >= 11 is 0. The van der Waals surface area contributed by atoms with Crippen molar-refractivity contribution in [3.05, 3.63) is 42.0 Å². The number of H-pyrrole nitrogens is 1. The van der Waals surface area contributed by atoms with Gasteiger partial charge in [0.05, 0.1) is 41.6 Å². The summed E-state index contributed by atoms with van der Waals surface area (Å²) in [5, 5.41) is 8.97. The number of aromatic amines is 1. The van der Waals surface area contributed by atoms with E-state index in [0.717, 1.165) is 63.4 Å². The molecule has 0 spiro atoms. The van der Waals surface area contributed by atoms with Gasteiger partial charge in [-0.15, -0.1) is 0 Å². The van der Waals surface area contributed by atoms with Crippen LogP contribution in [-0.4, -0.2) is 105 Å². The summed E-state index contributed by atoms with van der Waals surface area (Å²) in [6, 6.07) is 3.17. The number of piperazine rings is 1. The molecule has 0 radical (unpaired) electrons. The van der Waals surface area contributed by atoms with E-state index in [1.54, 1.807) is 19.5 Å². The summed E-state index contributed by atoms with van der Waals surface area (Å²) in [7, 11) is 3.71. The van der Waals surface area contributed by atoms with Crippen molar-refractivity contribution in [1.29, 1.82) is 0 Å². The molecule has 3 fully saturated rings. The van der Waals surface area contributed by atoms with Crippen LogP contribution in [-0.2, 0) is 15.7 Å². The fraction of sp³-hybridized carbons (Fsp3) is 0.568. The maximum atomic E-state index is 14.2. The predicted molar refractivity (Wildman–Crippen MR) is 191 cm³/mol. The maximum absolute atomic E-state index is 14.2. The molecule has 5 heterocycles. The first-order valence-corrected chi connectivity index (χ1v) is 18.1. The van der Waals surface area contributed by atoms with E-state index in [1.807, 2.05) is 13.1 Å². The summed E-state index contributed by atoms with van der Waals surface area (Å²) in [6.07, 6.45) is 6.88. The van der Waals surface area contributed by atoms with Gasteiger partial charge in [0.25, 0.3) is 0 Å². The van der Waals surface area contributed by atoms with Gasteiger partial charge in [0.1, 0.15) is 17.0 Å². The number of aliphatic carboxylic acids is 1. The van der Waals surface area contributed by atoms with Crippen LogP contribution in [0.2, 0.25) is 0 Å². The minimum absolute atomic E-state index is 0.0402. The van der Waals surface area contributed by atoms with Crippen molar-refractivity contribution in [1.82, 2.24) is 34.8 Å². The van der Waals surface area contributed by atoms with Gasteiger partial charge >= 0.3 is 12.1 Å². The molecule has 2 saturated carbocycles. The molecule has 0 unspecified atom stereocenters. The second-order valence-corrected chi connectivity index (χ2v) is 14.8. The van der Waals surface area contributed by atoms with Gasteiger partial charge in [0.15, 0.2) is 11.5 Å². The number of halogens is 3. The van der Waals surface area contributed by atoms with E-state index in [9.17, 15) is 18.0 Å². The average Bonchev–Trinajstić information content (AvgIpc) is 3.71. The molecule has 52 heavy (non-hydrogen) atoms. The highest BCUT2D eigenvalue weighted by atomic mass is 19.4. The van der Waals surface area contributed by atoms with Crippen molar-refractivity contribution in [2.75, 3.05) is 63.3 Å². The molecule has 1 atom stereocenters. The molecule has 1 aliphatic heterocycles. The lowest BCUT2D eigenvalue weighted by molar-refractivity contribution is -0.139. The molecule has 4 aromatic heterocycles. The number of carbonyl (C=O) groups is 1. The predicted octanol–water partition coefficient (Wildman–Crippen LogP) is 6.39. The van der Waals surface area contributed by atoms with Crippen molar-refractivity contribution < 1.29 is 27.8 Å². The lowest BCUT2D eigenvalue weighted by atomic mass is 9.86. The van der Waals surface area contributed by atoms with Crippen molar-refractivity contribution in [3.8, 4) is 22.8 Å². The minimum atomic E-state index is -4.53. The first-order valence-electron chi connectivity index (χ1n) is 18.1. The Hall–Kier alpha value is -4.37. The number of hydrogen-bond donors (Lipinski definition) is 2. The largest absolute Gasteiger partial charge is 0.481 e. The monoisotopic (exact) mass is 721 g/mol. The summed E-state index contributed by atoms with van der Waals surface area (Å²) in [6.45, 7) is 6.52. The second kappa shape index (κ2) is 14.6. The minimum Gasteiger partial charge on any atom is -0.481 e. The molecule has 2 aliphatic carbocycles. The summed E-state index contributed by atoms with van der Waals surface area (Å²) in [5.74, 6) is 0.257. The van der Waals surface area contributed by atoms with Crippen LogP contribution in [0, 0.1) is 5.41 Å². The zero-order valence-corrected chi connectivity index (χ0v) is 29.9. The van der Waals surface area contributed by atoms with E-state index in [1.165, 1.54) is 12.3 Å². The number of nitrogens with one attached hydrogen (secondary N) is 1. The van der Waals surface area contributed by atoms with Gasteiger partial charge in [-0.05, 0) is 57.7 Å². The molecule has 0 amide bonds. The third kappa shape index (κ3) is 7.70. The zero-order valence-electron chi connectivity index (χ0n) is 29.9. The quantitative estimate of drug-likeness (QED) is 0.159. The Morgan fingerprint density at radius 3 is 2.52 bits per heavy atom. The number of carboxylic acid groups (broad SMARTS) is 1. The Balaban J connectivity index is 1.20. The number of aromatic nitrogens is 6. The van der Waals surface area contributed by atoms with Crippen LogP contribution < -0.4 is 9.80 Å². The van der Waals surface area contributed by atoms with Gasteiger partial charge in [-0.3, -0.25) is 14.7 Å². The van der Waals surface area contributed by atoms with E-state index in [2.05, 4.69) is 31.6 Å². The van der Waals surface area contributed by atoms with Gasteiger partial charge in [0.2, 0.25) is 0 Å². The summed E-state index contributed by atoms with van der Waals surface area (Å²) in [5.41, 5.74) is 2.29. The molecule has 0 bridgehead atoms. The molecule has 0 aromatic carbocycles. The zero-order chi connectivity index (χ0) is 36.6. The van der Waals surface area contributed by atoms with E-state index in [-0.39, 0.29) is 35.1 Å². The lowest BCUT2D eigenvalue weighted by Crippen LogP contribution is -2.52. The van der Waals surface area contributed by atoms with Crippen molar-refractivity contribution in [2.45, 2.75) is 76.4 Å². The Morgan fingerprint density at radius 1 is 1.08 bits per heavy atom. The van der Waals surface area contributed by atoms with Crippen LogP contribution >= 0.6 is 0 Å². The number of hydrogen-bond acceptors (Lipinski definition) is 10. The number of methoxy groups -OCH3 is 1. The van der Waals surface area contributed by atoms with Gasteiger partial charge in [0, 0.05) is 75.9 Å². The molecule has 1 saturated heterocycles. The third-order valence-corrected chi connectivity index (χ3v) is 10.8. The van der Waals surface area contributed by atoms with E-state index in [0.29, 0.717) is 60.8 Å². The number of alkyl halides is 3. The number of carboxylic acids is 1. The van der Waals surface area contributed by atoms with Gasteiger partial charge in [-0.2, -0.15) is 13.2 Å². The standard InChI is InChI=1S/C37H46F3N9O3/c1-23-20-48(12-6-7-31(50)51)13-14-49(23)30-19-41-28(18-42-30)34-45-33-29(47(2)21-36(22-52-3)10-4-5-11-36)16-27(44-35(33)46-34)25-15-26(37(38,39)40)32(43-17-25)24-8-9-24/h15-19,23-24H,4-14,20-22H2,1-3H3,(H,50,51)(H,44,45,46)/t23-/m1/s1. The van der Waals surface area contributed by atoms with E-state index in [4.69, 9.17) is 29.8 Å². The Kier molecular flexibility index (Phi) is 10.1. The Bertz CT molecular complexity index is 1890. The number of nitrogens with zero attached hydrogens (tertiary/aromatic N) is 8. The van der Waals surface area contributed by atoms with Gasteiger partial charge < -0.3 is 24.6 Å². The van der Waals surface area contributed by atoms with Crippen LogP contribution in [0.4, 0.5) is 24.7 Å². The fourth-order valence-corrected chi connectivity index (χ4v) is 8.06. The molecule has 2 N–H and O–H groups in total. The first-order chi connectivity index (χ1) is 24.9. The highest BCUT2D eigenvalue weighted by molar-refractivity contribution is 5.91. The molecular weight excluding hydrogens is 675 g/mol. The first kappa shape index (κ1) is 36.0. The van der Waals surface area contributed by atoms with Crippen LogP contribution in [0.25, 0.3) is 33.9 Å². The number of rotatable bonds is 13. The number of ether oxygens (including phenoxy) is 1. The lowest BCUT2D eigenvalue weighted by Gasteiger charge is -2.40. The van der Waals surface area contributed by atoms with Crippen molar-refractivity contribution in [2.24, 2.45) is 5.41 Å². The van der Waals surface area contributed by atoms with Gasteiger partial charge in [-0.1, -0.05) is 12.8 Å². The molecule has 4 aromatic rings. The third-order valence-electron chi connectivity index (χ3n) is 10.8. The van der Waals surface area contributed by atoms with Crippen LogP contribution in [0.15, 0.2) is 30.7 Å². The van der Waals surface area contributed by atoms with Gasteiger partial charge in [-0.25, -0.2) is 19.9 Å². The van der Waals surface area contributed by atoms with Crippen molar-refractivity contribution >= 4 is 28.6 Å². The Morgan fingerprint density at radius 2 is 1.87 bits per heavy atom. The van der Waals surface area contributed by atoms with Crippen LogP contribution in [0.1, 0.15) is 75.5 Å². The molecular formula is C37H46F3N9O3. The summed E-state index contributed by atoms with van der Waals surface area (Å²) in [4.78, 5) is 44.3. The molecule has 3 aliphatic rings. The van der Waals surface area contributed by atoms with E-state index < -0.39 is 17.7 Å². The summed E-state index contributed by atoms with van der Waals surface area (Å²) < 4.78 is 48.4. The van der Waals surface area contributed by atoms with E-state index >= 15 is 0 Å². The highest BCUT2D eigenvalue weighted by Crippen LogP contribution is 2.46. The van der Waals surface area contributed by atoms with Crippen molar-refractivity contribution in [3.63, 3.8) is 0 Å². The topological polar surface area (TPSA) is 136 Å². The molecule has 12 nitrogen and oxygen atoms in total. The smallest absolute Gasteiger partial charge is 0.418 e. The Labute approximate surface area is 300 Å². The second-order valence-electron chi connectivity index (χ2n) is 14.8. The number of imidazole rings is 1. The molecule has 7 rings (SSSR count). The van der Waals surface area contributed by atoms with Crippen LogP contribution in [0.5, 0.6) is 0 Å². The average molecular weight is 722 g/mol. The number of fused-ring (bicyclic) bond motifs is 1. The maximum Gasteiger partial charge on any atom is 0.418 e. The highest BCUT2D eigenvalue weighted by Gasteiger charge is 2.40. The number of anilines is 2.